The fraction of sp³-hybridized carbons (Fsp3) is 0.500. The molecule has 3 nitrogen and oxygen atoms in total. The van der Waals surface area contributed by atoms with Gasteiger partial charge in [0.1, 0.15) is 10.0 Å². The molecule has 108 valence electrons. The van der Waals surface area contributed by atoms with Crippen molar-refractivity contribution in [2.45, 2.75) is 46.6 Å². The van der Waals surface area contributed by atoms with E-state index < -0.39 is 0 Å². The third-order valence-corrected chi connectivity index (χ3v) is 4.22. The molecule has 0 bridgehead atoms. The predicted molar refractivity (Wildman–Crippen MR) is 86.3 cm³/mol. The predicted octanol–water partition coefficient (Wildman–Crippen LogP) is 3.75. The lowest BCUT2D eigenvalue weighted by molar-refractivity contribution is 0.569. The number of benzene rings is 1. The highest BCUT2D eigenvalue weighted by Crippen LogP contribution is 2.27. The molecule has 1 N–H and O–H groups in total. The second kappa shape index (κ2) is 6.95. The van der Waals surface area contributed by atoms with Gasteiger partial charge in [-0.3, -0.25) is 0 Å². The average molecular weight is 289 g/mol. The molecule has 0 radical (unpaired) electrons. The third kappa shape index (κ3) is 4.12. The van der Waals surface area contributed by atoms with Gasteiger partial charge in [0.15, 0.2) is 0 Å². The Labute approximate surface area is 125 Å². The Bertz CT molecular complexity index is 561. The molecule has 0 fully saturated rings. The molecular formula is C16H23N3S. The normalized spacial score (nSPS) is 11.2. The van der Waals surface area contributed by atoms with Gasteiger partial charge in [-0.1, -0.05) is 48.9 Å². The quantitative estimate of drug-likeness (QED) is 0.823. The molecule has 20 heavy (non-hydrogen) atoms. The van der Waals surface area contributed by atoms with Gasteiger partial charge in [0.25, 0.3) is 0 Å². The Morgan fingerprint density at radius 2 is 2.00 bits per heavy atom. The summed E-state index contributed by atoms with van der Waals surface area (Å²) in [7, 11) is 0. The smallest absolute Gasteiger partial charge is 0.148 e. The minimum absolute atomic E-state index is 0.551. The van der Waals surface area contributed by atoms with E-state index in [2.05, 4.69) is 61.4 Å². The van der Waals surface area contributed by atoms with E-state index in [-0.39, 0.29) is 0 Å². The molecule has 0 aliphatic rings. The molecule has 1 heterocycles. The van der Waals surface area contributed by atoms with Crippen molar-refractivity contribution < 1.29 is 0 Å². The SMILES string of the molecule is Cc1ccc(-c2nnc(CCCNC(C)C)s2)c(C)c1. The first-order valence-electron chi connectivity index (χ1n) is 7.19. The summed E-state index contributed by atoms with van der Waals surface area (Å²) in [6, 6.07) is 7.03. The van der Waals surface area contributed by atoms with E-state index in [0.717, 1.165) is 29.4 Å². The van der Waals surface area contributed by atoms with Gasteiger partial charge in [-0.2, -0.15) is 0 Å². The largest absolute Gasteiger partial charge is 0.315 e. The van der Waals surface area contributed by atoms with Crippen molar-refractivity contribution in [2.24, 2.45) is 0 Å². The van der Waals surface area contributed by atoms with Crippen LogP contribution < -0.4 is 5.32 Å². The number of rotatable bonds is 6. The standard InChI is InChI=1S/C16H23N3S/c1-11(2)17-9-5-6-15-18-19-16(20-15)14-8-7-12(3)10-13(14)4/h7-8,10-11,17H,5-6,9H2,1-4H3. The van der Waals surface area contributed by atoms with Gasteiger partial charge in [0.2, 0.25) is 0 Å². The summed E-state index contributed by atoms with van der Waals surface area (Å²) in [5.74, 6) is 0. The summed E-state index contributed by atoms with van der Waals surface area (Å²) >= 11 is 1.71. The summed E-state index contributed by atoms with van der Waals surface area (Å²) in [6.45, 7) is 9.63. The maximum Gasteiger partial charge on any atom is 0.148 e. The highest BCUT2D eigenvalue weighted by Gasteiger charge is 2.09. The van der Waals surface area contributed by atoms with E-state index >= 15 is 0 Å². The molecule has 0 unspecified atom stereocenters. The van der Waals surface area contributed by atoms with Crippen molar-refractivity contribution in [1.82, 2.24) is 15.5 Å². The first-order valence-corrected chi connectivity index (χ1v) is 8.01. The molecule has 0 amide bonds. The molecule has 1 aromatic heterocycles. The van der Waals surface area contributed by atoms with Crippen molar-refractivity contribution in [1.29, 1.82) is 0 Å². The van der Waals surface area contributed by atoms with Crippen LogP contribution in [-0.2, 0) is 6.42 Å². The van der Waals surface area contributed by atoms with E-state index in [1.807, 2.05) is 0 Å². The van der Waals surface area contributed by atoms with Crippen molar-refractivity contribution in [3.05, 3.63) is 34.3 Å². The van der Waals surface area contributed by atoms with Crippen LogP contribution in [0.2, 0.25) is 0 Å². The lowest BCUT2D eigenvalue weighted by Crippen LogP contribution is -2.23. The number of aromatic nitrogens is 2. The Balaban J connectivity index is 1.98. The van der Waals surface area contributed by atoms with Crippen molar-refractivity contribution in [3.8, 4) is 10.6 Å². The zero-order chi connectivity index (χ0) is 14.5. The van der Waals surface area contributed by atoms with Crippen LogP contribution in [0.4, 0.5) is 0 Å². The first-order chi connectivity index (χ1) is 9.56. The van der Waals surface area contributed by atoms with Crippen molar-refractivity contribution >= 4 is 11.3 Å². The summed E-state index contributed by atoms with van der Waals surface area (Å²) in [5.41, 5.74) is 3.77. The maximum absolute atomic E-state index is 4.34. The van der Waals surface area contributed by atoms with E-state index in [0.29, 0.717) is 6.04 Å². The summed E-state index contributed by atoms with van der Waals surface area (Å²) in [6.07, 6.45) is 2.11. The van der Waals surface area contributed by atoms with Gasteiger partial charge < -0.3 is 5.32 Å². The van der Waals surface area contributed by atoms with Crippen LogP contribution in [0.5, 0.6) is 0 Å². The molecule has 0 spiro atoms. The van der Waals surface area contributed by atoms with Gasteiger partial charge in [0.05, 0.1) is 0 Å². The summed E-state index contributed by atoms with van der Waals surface area (Å²) in [5, 5.41) is 14.2. The number of hydrogen-bond donors (Lipinski definition) is 1. The summed E-state index contributed by atoms with van der Waals surface area (Å²) < 4.78 is 0. The minimum Gasteiger partial charge on any atom is -0.315 e. The van der Waals surface area contributed by atoms with Gasteiger partial charge >= 0.3 is 0 Å². The van der Waals surface area contributed by atoms with Crippen LogP contribution in [0.15, 0.2) is 18.2 Å². The number of nitrogens with zero attached hydrogens (tertiary/aromatic N) is 2. The van der Waals surface area contributed by atoms with E-state index in [1.165, 1.54) is 16.7 Å². The number of nitrogens with one attached hydrogen (secondary N) is 1. The lowest BCUT2D eigenvalue weighted by atomic mass is 10.1. The van der Waals surface area contributed by atoms with Crippen molar-refractivity contribution in [2.75, 3.05) is 6.54 Å². The zero-order valence-corrected chi connectivity index (χ0v) is 13.5. The van der Waals surface area contributed by atoms with Crippen LogP contribution in [-0.4, -0.2) is 22.8 Å². The second-order valence-corrected chi connectivity index (χ2v) is 6.59. The molecule has 2 rings (SSSR count). The Hall–Kier alpha value is -1.26. The van der Waals surface area contributed by atoms with Crippen LogP contribution in [0.25, 0.3) is 10.6 Å². The summed E-state index contributed by atoms with van der Waals surface area (Å²) in [4.78, 5) is 0. The Morgan fingerprint density at radius 3 is 2.70 bits per heavy atom. The third-order valence-electron chi connectivity index (χ3n) is 3.20. The number of hydrogen-bond acceptors (Lipinski definition) is 4. The Kier molecular flexibility index (Phi) is 5.26. The van der Waals surface area contributed by atoms with Crippen LogP contribution >= 0.6 is 11.3 Å². The number of aryl methyl sites for hydroxylation is 3. The van der Waals surface area contributed by atoms with Crippen molar-refractivity contribution in [3.63, 3.8) is 0 Å². The minimum atomic E-state index is 0.551. The second-order valence-electron chi connectivity index (χ2n) is 5.53. The fourth-order valence-electron chi connectivity index (χ4n) is 2.15. The van der Waals surface area contributed by atoms with Crippen LogP contribution in [0.1, 0.15) is 36.4 Å². The molecule has 0 saturated carbocycles. The maximum atomic E-state index is 4.34. The van der Waals surface area contributed by atoms with Gasteiger partial charge in [-0.15, -0.1) is 10.2 Å². The average Bonchev–Trinajstić information content (AvgIpc) is 2.83. The van der Waals surface area contributed by atoms with Gasteiger partial charge in [-0.05, 0) is 32.4 Å². The molecule has 0 atom stereocenters. The van der Waals surface area contributed by atoms with E-state index in [4.69, 9.17) is 0 Å². The van der Waals surface area contributed by atoms with Crippen LogP contribution in [0, 0.1) is 13.8 Å². The van der Waals surface area contributed by atoms with Crippen LogP contribution in [0.3, 0.4) is 0 Å². The first kappa shape index (κ1) is 15.1. The molecule has 2 aromatic rings. The molecular weight excluding hydrogens is 266 g/mol. The highest BCUT2D eigenvalue weighted by atomic mass is 32.1. The molecule has 0 aliphatic carbocycles. The van der Waals surface area contributed by atoms with E-state index in [1.54, 1.807) is 11.3 Å². The van der Waals surface area contributed by atoms with Gasteiger partial charge in [0, 0.05) is 18.0 Å². The monoisotopic (exact) mass is 289 g/mol. The van der Waals surface area contributed by atoms with Gasteiger partial charge in [-0.25, -0.2) is 0 Å². The molecule has 0 saturated heterocycles. The zero-order valence-electron chi connectivity index (χ0n) is 12.7. The molecule has 0 aliphatic heterocycles. The molecule has 4 heteroatoms. The lowest BCUT2D eigenvalue weighted by Gasteiger charge is -2.05. The molecule has 1 aromatic carbocycles. The highest BCUT2D eigenvalue weighted by molar-refractivity contribution is 7.14. The van der Waals surface area contributed by atoms with E-state index in [9.17, 15) is 0 Å². The Morgan fingerprint density at radius 1 is 1.20 bits per heavy atom. The topological polar surface area (TPSA) is 37.8 Å². The fourth-order valence-corrected chi connectivity index (χ4v) is 3.12.